The summed E-state index contributed by atoms with van der Waals surface area (Å²) < 4.78 is 0. The van der Waals surface area contributed by atoms with Crippen molar-refractivity contribution in [2.45, 2.75) is 6.92 Å². The Hall–Kier alpha value is -1.14. The fraction of sp³-hybridized carbons (Fsp3) is 0.750. The van der Waals surface area contributed by atoms with E-state index in [4.69, 9.17) is 10.8 Å². The van der Waals surface area contributed by atoms with E-state index in [1.807, 2.05) is 0 Å². The largest absolute Gasteiger partial charge is 0.395 e. The van der Waals surface area contributed by atoms with Crippen molar-refractivity contribution in [1.82, 2.24) is 10.2 Å². The molecule has 0 aromatic carbocycles. The third kappa shape index (κ3) is 4.78. The number of amides is 2. The second-order valence-corrected chi connectivity index (χ2v) is 2.68. The summed E-state index contributed by atoms with van der Waals surface area (Å²) in [4.78, 5) is 23.5. The highest BCUT2D eigenvalue weighted by atomic mass is 16.3. The predicted octanol–water partition coefficient (Wildman–Crippen LogP) is -2.10. The maximum Gasteiger partial charge on any atom is 0.242 e. The molecule has 6 nitrogen and oxygen atoms in total. The van der Waals surface area contributed by atoms with Crippen molar-refractivity contribution >= 4 is 11.8 Å². The molecule has 0 saturated heterocycles. The lowest BCUT2D eigenvalue weighted by molar-refractivity contribution is -0.132. The Balaban J connectivity index is 3.86. The summed E-state index contributed by atoms with van der Waals surface area (Å²) in [6, 6.07) is 0. The van der Waals surface area contributed by atoms with Crippen molar-refractivity contribution in [3.05, 3.63) is 0 Å². The smallest absolute Gasteiger partial charge is 0.242 e. The first-order valence-electron chi connectivity index (χ1n) is 4.51. The van der Waals surface area contributed by atoms with E-state index < -0.39 is 0 Å². The van der Waals surface area contributed by atoms with E-state index in [0.717, 1.165) is 0 Å². The number of rotatable bonds is 6. The van der Waals surface area contributed by atoms with Crippen LogP contribution in [0.5, 0.6) is 0 Å². The van der Waals surface area contributed by atoms with Crippen molar-refractivity contribution in [1.29, 1.82) is 0 Å². The number of nitrogens with one attached hydrogen (secondary N) is 1. The van der Waals surface area contributed by atoms with Gasteiger partial charge in [-0.05, 0) is 6.92 Å². The van der Waals surface area contributed by atoms with E-state index in [9.17, 15) is 9.59 Å². The standard InChI is InChI=1S/C8H17N3O3/c1-2-11(3-4-12)8(14)6-10-7(13)5-9/h12H,2-6,9H2,1H3,(H,10,13). The molecule has 0 aromatic rings. The summed E-state index contributed by atoms with van der Waals surface area (Å²) in [6.07, 6.45) is 0. The Labute approximate surface area is 83.1 Å². The molecule has 0 radical (unpaired) electrons. The van der Waals surface area contributed by atoms with Crippen LogP contribution in [0.3, 0.4) is 0 Å². The number of carbonyl (C=O) groups is 2. The normalized spacial score (nSPS) is 9.64. The molecular weight excluding hydrogens is 186 g/mol. The average molecular weight is 203 g/mol. The number of hydrogen-bond acceptors (Lipinski definition) is 4. The number of likely N-dealkylation sites (N-methyl/N-ethyl adjacent to an activating group) is 1. The Bertz CT molecular complexity index is 196. The van der Waals surface area contributed by atoms with E-state index in [-0.39, 0.29) is 38.1 Å². The van der Waals surface area contributed by atoms with E-state index in [1.165, 1.54) is 4.90 Å². The number of nitrogens with two attached hydrogens (primary N) is 1. The average Bonchev–Trinajstić information content (AvgIpc) is 2.21. The summed E-state index contributed by atoms with van der Waals surface area (Å²) in [5.74, 6) is -0.582. The monoisotopic (exact) mass is 203 g/mol. The van der Waals surface area contributed by atoms with Gasteiger partial charge in [-0.3, -0.25) is 9.59 Å². The van der Waals surface area contributed by atoms with Crippen LogP contribution < -0.4 is 11.1 Å². The molecule has 0 aliphatic carbocycles. The second-order valence-electron chi connectivity index (χ2n) is 2.68. The van der Waals surface area contributed by atoms with Gasteiger partial charge >= 0.3 is 0 Å². The van der Waals surface area contributed by atoms with Gasteiger partial charge in [0.1, 0.15) is 0 Å². The van der Waals surface area contributed by atoms with Crippen molar-refractivity contribution in [3.63, 3.8) is 0 Å². The Morgan fingerprint density at radius 2 is 2.14 bits per heavy atom. The quantitative estimate of drug-likeness (QED) is 0.461. The van der Waals surface area contributed by atoms with Gasteiger partial charge < -0.3 is 21.1 Å². The van der Waals surface area contributed by atoms with Crippen molar-refractivity contribution in [2.75, 3.05) is 32.8 Å². The Morgan fingerprint density at radius 3 is 2.57 bits per heavy atom. The minimum Gasteiger partial charge on any atom is -0.395 e. The topological polar surface area (TPSA) is 95.7 Å². The fourth-order valence-electron chi connectivity index (χ4n) is 0.938. The van der Waals surface area contributed by atoms with Gasteiger partial charge in [0.05, 0.1) is 19.7 Å². The predicted molar refractivity (Wildman–Crippen MR) is 51.4 cm³/mol. The molecule has 14 heavy (non-hydrogen) atoms. The highest BCUT2D eigenvalue weighted by Crippen LogP contribution is 1.87. The van der Waals surface area contributed by atoms with Gasteiger partial charge in [-0.25, -0.2) is 0 Å². The van der Waals surface area contributed by atoms with E-state index in [0.29, 0.717) is 6.54 Å². The molecule has 0 fully saturated rings. The molecule has 82 valence electrons. The summed E-state index contributed by atoms with van der Waals surface area (Å²) in [6.45, 7) is 2.33. The van der Waals surface area contributed by atoms with Crippen LogP contribution in [0.15, 0.2) is 0 Å². The first-order chi connectivity index (χ1) is 6.65. The summed E-state index contributed by atoms with van der Waals surface area (Å²) in [7, 11) is 0. The molecule has 0 unspecified atom stereocenters. The van der Waals surface area contributed by atoms with Gasteiger partial charge in [0.2, 0.25) is 11.8 Å². The lowest BCUT2D eigenvalue weighted by atomic mass is 10.4. The number of carbonyl (C=O) groups excluding carboxylic acids is 2. The number of aliphatic hydroxyl groups excluding tert-OH is 1. The van der Waals surface area contributed by atoms with Crippen LogP contribution in [0.4, 0.5) is 0 Å². The lowest BCUT2D eigenvalue weighted by Crippen LogP contribution is -2.42. The number of hydrogen-bond donors (Lipinski definition) is 3. The van der Waals surface area contributed by atoms with Gasteiger partial charge in [0.15, 0.2) is 0 Å². The Morgan fingerprint density at radius 1 is 1.50 bits per heavy atom. The van der Waals surface area contributed by atoms with Crippen molar-refractivity contribution < 1.29 is 14.7 Å². The molecule has 6 heteroatoms. The molecule has 0 heterocycles. The molecule has 2 amide bonds. The summed E-state index contributed by atoms with van der Waals surface area (Å²) in [5.41, 5.74) is 5.05. The zero-order valence-electron chi connectivity index (χ0n) is 8.32. The van der Waals surface area contributed by atoms with Gasteiger partial charge in [0.25, 0.3) is 0 Å². The lowest BCUT2D eigenvalue weighted by Gasteiger charge is -2.19. The molecule has 0 atom stereocenters. The maximum absolute atomic E-state index is 11.3. The van der Waals surface area contributed by atoms with E-state index >= 15 is 0 Å². The highest BCUT2D eigenvalue weighted by molar-refractivity contribution is 5.85. The molecule has 0 saturated carbocycles. The van der Waals surface area contributed by atoms with E-state index in [2.05, 4.69) is 5.32 Å². The third-order valence-corrected chi connectivity index (χ3v) is 1.73. The fourth-order valence-corrected chi connectivity index (χ4v) is 0.938. The molecule has 0 aliphatic heterocycles. The highest BCUT2D eigenvalue weighted by Gasteiger charge is 2.11. The summed E-state index contributed by atoms with van der Waals surface area (Å²) in [5, 5.41) is 11.0. The SMILES string of the molecule is CCN(CCO)C(=O)CNC(=O)CN. The first kappa shape index (κ1) is 12.9. The van der Waals surface area contributed by atoms with Crippen molar-refractivity contribution in [2.24, 2.45) is 5.73 Å². The van der Waals surface area contributed by atoms with Gasteiger partial charge in [-0.1, -0.05) is 0 Å². The molecule has 4 N–H and O–H groups in total. The molecule has 0 rings (SSSR count). The van der Waals surface area contributed by atoms with E-state index in [1.54, 1.807) is 6.92 Å². The van der Waals surface area contributed by atoms with Crippen LogP contribution >= 0.6 is 0 Å². The maximum atomic E-state index is 11.3. The minimum atomic E-state index is -0.363. The molecule has 0 aromatic heterocycles. The third-order valence-electron chi connectivity index (χ3n) is 1.73. The zero-order valence-corrected chi connectivity index (χ0v) is 8.32. The molecule has 0 bridgehead atoms. The van der Waals surface area contributed by atoms with Crippen LogP contribution in [0.2, 0.25) is 0 Å². The molecule has 0 aliphatic rings. The Kier molecular flexibility index (Phi) is 6.69. The van der Waals surface area contributed by atoms with Crippen LogP contribution in [0.1, 0.15) is 6.92 Å². The second kappa shape index (κ2) is 7.28. The van der Waals surface area contributed by atoms with Gasteiger partial charge in [-0.2, -0.15) is 0 Å². The zero-order chi connectivity index (χ0) is 11.0. The summed E-state index contributed by atoms with van der Waals surface area (Å²) >= 11 is 0. The van der Waals surface area contributed by atoms with Crippen molar-refractivity contribution in [3.8, 4) is 0 Å². The minimum absolute atomic E-state index is 0.0656. The van der Waals surface area contributed by atoms with Crippen LogP contribution in [-0.2, 0) is 9.59 Å². The number of aliphatic hydroxyl groups is 1. The van der Waals surface area contributed by atoms with Crippen LogP contribution in [0.25, 0.3) is 0 Å². The van der Waals surface area contributed by atoms with Crippen LogP contribution in [-0.4, -0.2) is 54.6 Å². The first-order valence-corrected chi connectivity index (χ1v) is 4.51. The van der Waals surface area contributed by atoms with Crippen LogP contribution in [0, 0.1) is 0 Å². The molecule has 0 spiro atoms. The molecular formula is C8H17N3O3. The number of nitrogens with zero attached hydrogens (tertiary/aromatic N) is 1. The van der Waals surface area contributed by atoms with Gasteiger partial charge in [0, 0.05) is 13.1 Å². The van der Waals surface area contributed by atoms with Gasteiger partial charge in [-0.15, -0.1) is 0 Å².